The van der Waals surface area contributed by atoms with Crippen molar-refractivity contribution in [2.75, 3.05) is 20.3 Å². The Hall–Kier alpha value is -1.89. The third-order valence-corrected chi connectivity index (χ3v) is 3.71. The zero-order valence-corrected chi connectivity index (χ0v) is 11.7. The van der Waals surface area contributed by atoms with Gasteiger partial charge in [-0.25, -0.2) is 4.98 Å². The lowest BCUT2D eigenvalue weighted by Crippen LogP contribution is -2.52. The summed E-state index contributed by atoms with van der Waals surface area (Å²) in [6.07, 6.45) is 2.82. The van der Waals surface area contributed by atoms with Crippen molar-refractivity contribution in [1.29, 1.82) is 0 Å². The maximum Gasteiger partial charge on any atom is 0.276 e. The van der Waals surface area contributed by atoms with Crippen molar-refractivity contribution >= 4 is 11.8 Å². The fourth-order valence-corrected chi connectivity index (χ4v) is 2.87. The zero-order valence-electron chi connectivity index (χ0n) is 11.7. The molecule has 1 aliphatic rings. The first-order valence-electron chi connectivity index (χ1n) is 6.49. The molecule has 2 rings (SSSR count). The molecule has 0 aromatic carbocycles. The van der Waals surface area contributed by atoms with E-state index in [9.17, 15) is 9.59 Å². The second-order valence-corrected chi connectivity index (χ2v) is 5.12. The van der Waals surface area contributed by atoms with Gasteiger partial charge < -0.3 is 19.8 Å². The molecule has 0 aliphatic carbocycles. The van der Waals surface area contributed by atoms with E-state index in [0.29, 0.717) is 18.7 Å². The smallest absolute Gasteiger partial charge is 0.276 e. The lowest BCUT2D eigenvalue weighted by molar-refractivity contribution is -0.121. The van der Waals surface area contributed by atoms with Crippen LogP contribution in [0.5, 0.6) is 0 Å². The fraction of sp³-hybridized carbons (Fsp3) is 0.615. The zero-order chi connectivity index (χ0) is 14.8. The fourth-order valence-electron chi connectivity index (χ4n) is 2.87. The molecule has 2 N–H and O–H groups in total. The maximum absolute atomic E-state index is 12.6. The van der Waals surface area contributed by atoms with E-state index in [0.717, 1.165) is 6.42 Å². The summed E-state index contributed by atoms with van der Waals surface area (Å²) in [5.41, 5.74) is 4.93. The summed E-state index contributed by atoms with van der Waals surface area (Å²) in [5, 5.41) is 0. The van der Waals surface area contributed by atoms with Gasteiger partial charge >= 0.3 is 0 Å². The predicted octanol–water partition coefficient (Wildman–Crippen LogP) is 0.480. The van der Waals surface area contributed by atoms with E-state index >= 15 is 0 Å². The Morgan fingerprint density at radius 3 is 2.90 bits per heavy atom. The van der Waals surface area contributed by atoms with Gasteiger partial charge in [-0.15, -0.1) is 0 Å². The molecule has 20 heavy (non-hydrogen) atoms. The molecule has 2 heterocycles. The number of nitrogens with two attached hydrogens (primary N) is 1. The first-order chi connectivity index (χ1) is 9.50. The van der Waals surface area contributed by atoms with E-state index in [-0.39, 0.29) is 24.6 Å². The number of carbonyl (C=O) groups is 2. The standard InChI is InChI=1S/C13H19N3O4/c1-9-11(15-8-20-9)12(18)16-5-3-4-13(16,7-19-2)6-10(14)17/h8H,3-7H2,1-2H3,(H2,14,17)/t13-/m1/s1. The van der Waals surface area contributed by atoms with E-state index in [4.69, 9.17) is 14.9 Å². The minimum Gasteiger partial charge on any atom is -0.448 e. The SMILES string of the molecule is COC[C@]1(CC(N)=O)CCCN1C(=O)c1ncoc1C. The second-order valence-electron chi connectivity index (χ2n) is 5.12. The number of primary amides is 1. The van der Waals surface area contributed by atoms with Crippen molar-refractivity contribution in [3.8, 4) is 0 Å². The Balaban J connectivity index is 2.30. The van der Waals surface area contributed by atoms with Crippen LogP contribution in [0.3, 0.4) is 0 Å². The number of amides is 2. The molecule has 1 aliphatic heterocycles. The van der Waals surface area contributed by atoms with Gasteiger partial charge in [0, 0.05) is 13.7 Å². The molecule has 1 fully saturated rings. The second kappa shape index (κ2) is 5.62. The normalized spacial score (nSPS) is 22.2. The van der Waals surface area contributed by atoms with Crippen LogP contribution < -0.4 is 5.73 Å². The minimum atomic E-state index is -0.678. The Bertz CT molecular complexity index is 513. The summed E-state index contributed by atoms with van der Waals surface area (Å²) in [6.45, 7) is 2.52. The van der Waals surface area contributed by atoms with Crippen LogP contribution in [0.4, 0.5) is 0 Å². The van der Waals surface area contributed by atoms with Crippen molar-refractivity contribution in [3.05, 3.63) is 17.8 Å². The molecule has 2 amide bonds. The van der Waals surface area contributed by atoms with E-state index in [2.05, 4.69) is 4.98 Å². The first-order valence-corrected chi connectivity index (χ1v) is 6.49. The number of oxazole rings is 1. The molecule has 7 heteroatoms. The highest BCUT2D eigenvalue weighted by Crippen LogP contribution is 2.34. The largest absolute Gasteiger partial charge is 0.448 e. The van der Waals surface area contributed by atoms with Crippen LogP contribution in [-0.4, -0.2) is 47.5 Å². The highest BCUT2D eigenvalue weighted by atomic mass is 16.5. The van der Waals surface area contributed by atoms with Gasteiger partial charge in [-0.1, -0.05) is 0 Å². The van der Waals surface area contributed by atoms with Crippen molar-refractivity contribution in [3.63, 3.8) is 0 Å². The van der Waals surface area contributed by atoms with Crippen LogP contribution >= 0.6 is 0 Å². The number of carbonyl (C=O) groups excluding carboxylic acids is 2. The van der Waals surface area contributed by atoms with Gasteiger partial charge in [-0.05, 0) is 19.8 Å². The number of likely N-dealkylation sites (tertiary alicyclic amines) is 1. The molecule has 0 bridgehead atoms. The van der Waals surface area contributed by atoms with Gasteiger partial charge in [0.25, 0.3) is 5.91 Å². The lowest BCUT2D eigenvalue weighted by atomic mass is 9.92. The van der Waals surface area contributed by atoms with E-state index < -0.39 is 11.4 Å². The summed E-state index contributed by atoms with van der Waals surface area (Å²) in [4.78, 5) is 29.5. The van der Waals surface area contributed by atoms with E-state index in [1.165, 1.54) is 6.39 Å². The number of aromatic nitrogens is 1. The van der Waals surface area contributed by atoms with Crippen LogP contribution in [0.1, 0.15) is 35.5 Å². The molecule has 0 saturated carbocycles. The molecule has 1 aromatic heterocycles. The van der Waals surface area contributed by atoms with Crippen molar-refractivity contribution in [2.24, 2.45) is 5.73 Å². The van der Waals surface area contributed by atoms with E-state index in [1.54, 1.807) is 18.9 Å². The number of methoxy groups -OCH3 is 1. The number of aryl methyl sites for hydroxylation is 1. The molecule has 7 nitrogen and oxygen atoms in total. The van der Waals surface area contributed by atoms with Crippen molar-refractivity contribution < 1.29 is 18.7 Å². The average molecular weight is 281 g/mol. The lowest BCUT2D eigenvalue weighted by Gasteiger charge is -2.37. The van der Waals surface area contributed by atoms with E-state index in [1.807, 2.05) is 0 Å². The van der Waals surface area contributed by atoms with Gasteiger partial charge in [0.05, 0.1) is 18.6 Å². The van der Waals surface area contributed by atoms with Crippen LogP contribution in [-0.2, 0) is 9.53 Å². The molecular weight excluding hydrogens is 262 g/mol. The molecule has 1 saturated heterocycles. The summed E-state index contributed by atoms with van der Waals surface area (Å²) < 4.78 is 10.3. The number of ether oxygens (including phenoxy) is 1. The molecule has 1 aromatic rings. The van der Waals surface area contributed by atoms with Crippen LogP contribution in [0.15, 0.2) is 10.8 Å². The van der Waals surface area contributed by atoms with Crippen molar-refractivity contribution in [2.45, 2.75) is 31.7 Å². The summed E-state index contributed by atoms with van der Waals surface area (Å²) in [6, 6.07) is 0. The van der Waals surface area contributed by atoms with Gasteiger partial charge in [0.15, 0.2) is 12.1 Å². The Morgan fingerprint density at radius 2 is 2.35 bits per heavy atom. The number of nitrogens with zero attached hydrogens (tertiary/aromatic N) is 2. The van der Waals surface area contributed by atoms with Gasteiger partial charge in [-0.2, -0.15) is 0 Å². The van der Waals surface area contributed by atoms with Crippen LogP contribution in [0.25, 0.3) is 0 Å². The third kappa shape index (κ3) is 2.53. The summed E-state index contributed by atoms with van der Waals surface area (Å²) in [7, 11) is 1.55. The van der Waals surface area contributed by atoms with Gasteiger partial charge in [-0.3, -0.25) is 9.59 Å². The first kappa shape index (κ1) is 14.5. The maximum atomic E-state index is 12.6. The highest BCUT2D eigenvalue weighted by molar-refractivity contribution is 5.94. The summed E-state index contributed by atoms with van der Waals surface area (Å²) in [5.74, 6) is -0.224. The van der Waals surface area contributed by atoms with Crippen molar-refractivity contribution in [1.82, 2.24) is 9.88 Å². The van der Waals surface area contributed by atoms with Gasteiger partial charge in [0.1, 0.15) is 5.76 Å². The van der Waals surface area contributed by atoms with Crippen LogP contribution in [0.2, 0.25) is 0 Å². The quantitative estimate of drug-likeness (QED) is 0.846. The highest BCUT2D eigenvalue weighted by Gasteiger charge is 2.45. The number of rotatable bonds is 5. The van der Waals surface area contributed by atoms with Gasteiger partial charge in [0.2, 0.25) is 5.91 Å². The molecule has 0 unspecified atom stereocenters. The monoisotopic (exact) mass is 281 g/mol. The summed E-state index contributed by atoms with van der Waals surface area (Å²) >= 11 is 0. The molecular formula is C13H19N3O4. The Labute approximate surface area is 117 Å². The molecule has 1 atom stereocenters. The molecule has 0 spiro atoms. The topological polar surface area (TPSA) is 98.7 Å². The third-order valence-electron chi connectivity index (χ3n) is 3.71. The number of hydrogen-bond acceptors (Lipinski definition) is 5. The van der Waals surface area contributed by atoms with Crippen LogP contribution in [0, 0.1) is 6.92 Å². The molecule has 110 valence electrons. The average Bonchev–Trinajstić information content (AvgIpc) is 2.95. The number of hydrogen-bond donors (Lipinski definition) is 1. The Kier molecular flexibility index (Phi) is 4.08. The Morgan fingerprint density at radius 1 is 1.60 bits per heavy atom. The predicted molar refractivity (Wildman–Crippen MR) is 69.9 cm³/mol. The minimum absolute atomic E-state index is 0.0868. The molecule has 0 radical (unpaired) electrons.